The molecule has 0 N–H and O–H groups in total. The Morgan fingerprint density at radius 1 is 1.25 bits per heavy atom. The first-order chi connectivity index (χ1) is 9.34. The van der Waals surface area contributed by atoms with Gasteiger partial charge in [0.25, 0.3) is 0 Å². The Bertz CT molecular complexity index is 658. The Labute approximate surface area is 124 Å². The van der Waals surface area contributed by atoms with Crippen molar-refractivity contribution >= 4 is 22.6 Å². The monoisotopic (exact) mass is 292 g/mol. The Hall–Kier alpha value is -1.22. The lowest BCUT2D eigenvalue weighted by atomic mass is 10.0. The fourth-order valence-corrected chi connectivity index (χ4v) is 3.63. The topological polar surface area (TPSA) is 27.1 Å². The first-order valence-electron chi connectivity index (χ1n) is 6.95. The Balaban J connectivity index is 2.20. The van der Waals surface area contributed by atoms with Crippen LogP contribution in [0.2, 0.25) is 0 Å². The van der Waals surface area contributed by atoms with Crippen molar-refractivity contribution < 1.29 is 4.74 Å². The molecule has 0 radical (unpaired) electrons. The van der Waals surface area contributed by atoms with Crippen molar-refractivity contribution in [2.24, 2.45) is 10.8 Å². The molecule has 0 aliphatic heterocycles. The zero-order chi connectivity index (χ0) is 14.7. The Kier molecular flexibility index (Phi) is 2.85. The summed E-state index contributed by atoms with van der Waals surface area (Å²) in [4.78, 5) is 4.68. The molecule has 1 saturated carbocycles. The van der Waals surface area contributed by atoms with E-state index in [0.717, 1.165) is 22.6 Å². The van der Waals surface area contributed by atoms with Crippen LogP contribution < -0.4 is 4.74 Å². The maximum atomic E-state index is 6.12. The number of hydrogen-bond donors (Lipinski definition) is 0. The van der Waals surface area contributed by atoms with Crippen LogP contribution >= 0.6 is 11.6 Å². The lowest BCUT2D eigenvalue weighted by Crippen LogP contribution is -2.05. The maximum Gasteiger partial charge on any atom is 0.125 e. The SMILES string of the molecule is COc1ccc2c(c1)nc(CCl)n2C1C(C)(C)C1(C)C. The van der Waals surface area contributed by atoms with E-state index in [-0.39, 0.29) is 10.8 Å². The van der Waals surface area contributed by atoms with Gasteiger partial charge in [0, 0.05) is 12.1 Å². The Morgan fingerprint density at radius 2 is 1.90 bits per heavy atom. The van der Waals surface area contributed by atoms with Crippen molar-refractivity contribution in [1.29, 1.82) is 0 Å². The van der Waals surface area contributed by atoms with Crippen molar-refractivity contribution in [1.82, 2.24) is 9.55 Å². The van der Waals surface area contributed by atoms with E-state index >= 15 is 0 Å². The van der Waals surface area contributed by atoms with Gasteiger partial charge in [-0.05, 0) is 23.0 Å². The first kappa shape index (κ1) is 13.7. The summed E-state index contributed by atoms with van der Waals surface area (Å²) in [5.74, 6) is 2.20. The smallest absolute Gasteiger partial charge is 0.125 e. The van der Waals surface area contributed by atoms with Crippen LogP contribution in [0.1, 0.15) is 39.6 Å². The van der Waals surface area contributed by atoms with Gasteiger partial charge >= 0.3 is 0 Å². The number of halogens is 1. The molecule has 0 spiro atoms. The van der Waals surface area contributed by atoms with Crippen LogP contribution in [0.4, 0.5) is 0 Å². The van der Waals surface area contributed by atoms with E-state index in [1.165, 1.54) is 0 Å². The van der Waals surface area contributed by atoms with E-state index in [1.807, 2.05) is 12.1 Å². The van der Waals surface area contributed by atoms with E-state index < -0.39 is 0 Å². The van der Waals surface area contributed by atoms with Crippen molar-refractivity contribution in [2.75, 3.05) is 7.11 Å². The summed E-state index contributed by atoms with van der Waals surface area (Å²) in [6.07, 6.45) is 0. The lowest BCUT2D eigenvalue weighted by Gasteiger charge is -2.10. The van der Waals surface area contributed by atoms with Crippen LogP contribution in [-0.2, 0) is 5.88 Å². The van der Waals surface area contributed by atoms with Crippen LogP contribution in [0, 0.1) is 10.8 Å². The number of methoxy groups -OCH3 is 1. The molecule has 108 valence electrons. The maximum absolute atomic E-state index is 6.12. The van der Waals surface area contributed by atoms with E-state index in [9.17, 15) is 0 Å². The summed E-state index contributed by atoms with van der Waals surface area (Å²) in [7, 11) is 1.67. The highest BCUT2D eigenvalue weighted by Gasteiger charge is 2.66. The number of nitrogens with zero attached hydrogens (tertiary/aromatic N) is 2. The summed E-state index contributed by atoms with van der Waals surface area (Å²) in [5.41, 5.74) is 2.60. The van der Waals surface area contributed by atoms with Gasteiger partial charge in [0.1, 0.15) is 11.6 Å². The second-order valence-corrected chi connectivity index (χ2v) is 7.00. The standard InChI is InChI=1S/C16H21ClN2O/c1-15(2)14(16(15,3)4)19-12-7-6-10(20-5)8-11(12)18-13(19)9-17/h6-8,14H,9H2,1-5H3. The van der Waals surface area contributed by atoms with Gasteiger partial charge in [-0.3, -0.25) is 0 Å². The minimum atomic E-state index is 0.251. The summed E-state index contributed by atoms with van der Waals surface area (Å²) in [5, 5.41) is 0. The number of hydrogen-bond acceptors (Lipinski definition) is 2. The van der Waals surface area contributed by atoms with Gasteiger partial charge in [-0.2, -0.15) is 0 Å². The van der Waals surface area contributed by atoms with Gasteiger partial charge in [0.05, 0.1) is 24.0 Å². The van der Waals surface area contributed by atoms with E-state index in [2.05, 4.69) is 43.3 Å². The highest BCUT2D eigenvalue weighted by molar-refractivity contribution is 6.16. The third-order valence-corrected chi connectivity index (χ3v) is 5.53. The number of fused-ring (bicyclic) bond motifs is 1. The number of benzene rings is 1. The zero-order valence-electron chi connectivity index (χ0n) is 12.7. The third kappa shape index (κ3) is 1.62. The highest BCUT2D eigenvalue weighted by Crippen LogP contribution is 2.72. The van der Waals surface area contributed by atoms with Crippen molar-refractivity contribution in [3.05, 3.63) is 24.0 Å². The molecule has 3 rings (SSSR count). The van der Waals surface area contributed by atoms with Crippen molar-refractivity contribution in [3.8, 4) is 5.75 Å². The lowest BCUT2D eigenvalue weighted by molar-refractivity contribution is 0.415. The third-order valence-electron chi connectivity index (χ3n) is 5.29. The molecule has 1 fully saturated rings. The molecule has 3 nitrogen and oxygen atoms in total. The van der Waals surface area contributed by atoms with Gasteiger partial charge in [0.2, 0.25) is 0 Å². The van der Waals surface area contributed by atoms with Crippen molar-refractivity contribution in [3.63, 3.8) is 0 Å². The fourth-order valence-electron chi connectivity index (χ4n) is 3.44. The quantitative estimate of drug-likeness (QED) is 0.785. The second kappa shape index (κ2) is 4.14. The van der Waals surface area contributed by atoms with E-state index in [0.29, 0.717) is 11.9 Å². The molecule has 0 atom stereocenters. The fraction of sp³-hybridized carbons (Fsp3) is 0.562. The average Bonchev–Trinajstić information content (AvgIpc) is 2.72. The molecule has 4 heteroatoms. The van der Waals surface area contributed by atoms with Gasteiger partial charge in [-0.1, -0.05) is 27.7 Å². The number of rotatable bonds is 3. The van der Waals surface area contributed by atoms with Crippen LogP contribution in [0.25, 0.3) is 11.0 Å². The molecular weight excluding hydrogens is 272 g/mol. The second-order valence-electron chi connectivity index (χ2n) is 6.73. The van der Waals surface area contributed by atoms with E-state index in [1.54, 1.807) is 7.11 Å². The molecule has 0 bridgehead atoms. The number of alkyl halides is 1. The van der Waals surface area contributed by atoms with Gasteiger partial charge in [-0.25, -0.2) is 4.98 Å². The molecule has 0 amide bonds. The number of imidazole rings is 1. The van der Waals surface area contributed by atoms with Gasteiger partial charge in [0.15, 0.2) is 0 Å². The van der Waals surface area contributed by atoms with Crippen LogP contribution in [0.3, 0.4) is 0 Å². The molecule has 1 aromatic carbocycles. The van der Waals surface area contributed by atoms with Crippen LogP contribution in [0.5, 0.6) is 5.75 Å². The minimum absolute atomic E-state index is 0.251. The predicted molar refractivity (Wildman–Crippen MR) is 82.4 cm³/mol. The summed E-state index contributed by atoms with van der Waals surface area (Å²) in [6, 6.07) is 6.48. The van der Waals surface area contributed by atoms with Gasteiger partial charge < -0.3 is 9.30 Å². The molecule has 1 heterocycles. The predicted octanol–water partition coefficient (Wildman–Crippen LogP) is 4.39. The number of aromatic nitrogens is 2. The molecule has 20 heavy (non-hydrogen) atoms. The Morgan fingerprint density at radius 3 is 2.40 bits per heavy atom. The molecule has 1 aromatic heterocycles. The summed E-state index contributed by atoms with van der Waals surface area (Å²) >= 11 is 6.12. The molecule has 1 aliphatic rings. The molecular formula is C16H21ClN2O. The van der Waals surface area contributed by atoms with Crippen molar-refractivity contribution in [2.45, 2.75) is 39.6 Å². The van der Waals surface area contributed by atoms with Crippen LogP contribution in [-0.4, -0.2) is 16.7 Å². The normalized spacial score (nSPS) is 20.3. The molecule has 1 aliphatic carbocycles. The van der Waals surface area contributed by atoms with Gasteiger partial charge in [-0.15, -0.1) is 11.6 Å². The molecule has 2 aromatic rings. The largest absolute Gasteiger partial charge is 0.497 e. The highest BCUT2D eigenvalue weighted by atomic mass is 35.5. The molecule has 0 saturated heterocycles. The van der Waals surface area contributed by atoms with Crippen LogP contribution in [0.15, 0.2) is 18.2 Å². The number of ether oxygens (including phenoxy) is 1. The molecule has 0 unspecified atom stereocenters. The van der Waals surface area contributed by atoms with E-state index in [4.69, 9.17) is 16.3 Å². The average molecular weight is 293 g/mol. The summed E-state index contributed by atoms with van der Waals surface area (Å²) in [6.45, 7) is 9.24. The minimum Gasteiger partial charge on any atom is -0.497 e. The first-order valence-corrected chi connectivity index (χ1v) is 7.49. The zero-order valence-corrected chi connectivity index (χ0v) is 13.5. The summed E-state index contributed by atoms with van der Waals surface area (Å²) < 4.78 is 7.60.